The lowest BCUT2D eigenvalue weighted by Crippen LogP contribution is -2.43. The second-order valence-electron chi connectivity index (χ2n) is 6.29. The molecule has 1 fully saturated rings. The van der Waals surface area contributed by atoms with Gasteiger partial charge in [-0.3, -0.25) is 5.01 Å². The van der Waals surface area contributed by atoms with Gasteiger partial charge in [-0.15, -0.1) is 0 Å². The van der Waals surface area contributed by atoms with Crippen LogP contribution in [-0.2, 0) is 0 Å². The van der Waals surface area contributed by atoms with Crippen molar-refractivity contribution in [3.8, 4) is 17.9 Å². The van der Waals surface area contributed by atoms with Crippen molar-refractivity contribution >= 4 is 6.21 Å². The van der Waals surface area contributed by atoms with Crippen LogP contribution >= 0.6 is 0 Å². The number of ether oxygens (including phenoxy) is 1. The van der Waals surface area contributed by atoms with E-state index in [1.807, 2.05) is 48.5 Å². The minimum Gasteiger partial charge on any atom is -0.497 e. The predicted molar refractivity (Wildman–Crippen MR) is 92.9 cm³/mol. The molecule has 2 heterocycles. The highest BCUT2D eigenvalue weighted by atomic mass is 16.5. The van der Waals surface area contributed by atoms with Crippen LogP contribution in [0.25, 0.3) is 0 Å². The number of methoxy groups -OCH3 is 1. The molecule has 5 heteroatoms. The molecule has 0 amide bonds. The normalized spacial score (nSPS) is 22.4. The second-order valence-corrected chi connectivity index (χ2v) is 6.29. The van der Waals surface area contributed by atoms with Gasteiger partial charge in [0, 0.05) is 5.92 Å². The topological polar surface area (TPSA) is 72.4 Å². The van der Waals surface area contributed by atoms with Gasteiger partial charge in [0.25, 0.3) is 0 Å². The molecular weight excluding hydrogens is 312 g/mol. The molecule has 0 N–H and O–H groups in total. The van der Waals surface area contributed by atoms with Crippen molar-refractivity contribution in [2.24, 2.45) is 5.10 Å². The molecular formula is C20H16N4O. The molecule has 0 aliphatic carbocycles. The average molecular weight is 328 g/mol. The summed E-state index contributed by atoms with van der Waals surface area (Å²) in [6.07, 6.45) is 2.41. The van der Waals surface area contributed by atoms with E-state index in [1.54, 1.807) is 18.3 Å². The summed E-state index contributed by atoms with van der Waals surface area (Å²) in [6, 6.07) is 20.0. The van der Waals surface area contributed by atoms with E-state index < -0.39 is 5.54 Å². The van der Waals surface area contributed by atoms with Crippen LogP contribution in [0.4, 0.5) is 0 Å². The standard InChI is InChI=1S/C20H16N4O/c1-25-16-8-6-14(7-9-16)18-10-19-17-5-3-2-4-15(17)11-23-24(19)20(18,12-21)13-22/h2-9,11,18-19H,10H2,1H3/t18-,19-/m1/s1. The van der Waals surface area contributed by atoms with Gasteiger partial charge in [0.2, 0.25) is 5.54 Å². The van der Waals surface area contributed by atoms with Gasteiger partial charge in [0.15, 0.2) is 0 Å². The van der Waals surface area contributed by atoms with Crippen molar-refractivity contribution in [3.05, 3.63) is 65.2 Å². The Morgan fingerprint density at radius 3 is 2.52 bits per heavy atom. The molecule has 2 aliphatic heterocycles. The molecule has 0 spiro atoms. The summed E-state index contributed by atoms with van der Waals surface area (Å²) in [6.45, 7) is 0. The summed E-state index contributed by atoms with van der Waals surface area (Å²) in [4.78, 5) is 0. The first kappa shape index (κ1) is 15.2. The minimum absolute atomic E-state index is 0.0763. The lowest BCUT2D eigenvalue weighted by Gasteiger charge is -2.33. The predicted octanol–water partition coefficient (Wildman–Crippen LogP) is 3.36. The highest BCUT2D eigenvalue weighted by Crippen LogP contribution is 2.52. The maximum atomic E-state index is 9.92. The van der Waals surface area contributed by atoms with Crippen molar-refractivity contribution in [1.29, 1.82) is 10.5 Å². The maximum Gasteiger partial charge on any atom is 0.236 e. The Bertz CT molecular complexity index is 906. The van der Waals surface area contributed by atoms with E-state index >= 15 is 0 Å². The van der Waals surface area contributed by atoms with Crippen LogP contribution in [0.15, 0.2) is 53.6 Å². The number of hydrogen-bond acceptors (Lipinski definition) is 5. The van der Waals surface area contributed by atoms with Gasteiger partial charge in [-0.25, -0.2) is 0 Å². The highest BCUT2D eigenvalue weighted by Gasteiger charge is 2.56. The highest BCUT2D eigenvalue weighted by molar-refractivity contribution is 5.83. The number of benzene rings is 2. The van der Waals surface area contributed by atoms with Crippen LogP contribution in [0.3, 0.4) is 0 Å². The zero-order valence-corrected chi connectivity index (χ0v) is 13.8. The molecule has 0 aromatic heterocycles. The summed E-state index contributed by atoms with van der Waals surface area (Å²) in [7, 11) is 1.62. The maximum absolute atomic E-state index is 9.92. The third kappa shape index (κ3) is 2.10. The fraction of sp³-hybridized carbons (Fsp3) is 0.250. The number of nitriles is 2. The van der Waals surface area contributed by atoms with Crippen LogP contribution in [0.2, 0.25) is 0 Å². The zero-order chi connectivity index (χ0) is 17.4. The third-order valence-electron chi connectivity index (χ3n) is 5.16. The Morgan fingerprint density at radius 2 is 1.84 bits per heavy atom. The monoisotopic (exact) mass is 328 g/mol. The molecule has 2 aromatic carbocycles. The Labute approximate surface area is 146 Å². The smallest absolute Gasteiger partial charge is 0.236 e. The molecule has 25 heavy (non-hydrogen) atoms. The van der Waals surface area contributed by atoms with Gasteiger partial charge in [-0.05, 0) is 35.2 Å². The van der Waals surface area contributed by atoms with E-state index in [2.05, 4.69) is 17.2 Å². The van der Waals surface area contributed by atoms with Crippen molar-refractivity contribution < 1.29 is 4.74 Å². The van der Waals surface area contributed by atoms with Crippen LogP contribution in [0.5, 0.6) is 5.75 Å². The number of hydrazone groups is 1. The van der Waals surface area contributed by atoms with E-state index in [0.29, 0.717) is 6.42 Å². The van der Waals surface area contributed by atoms with Crippen molar-refractivity contribution in [2.75, 3.05) is 7.11 Å². The molecule has 0 bridgehead atoms. The number of hydrogen-bond donors (Lipinski definition) is 0. The van der Waals surface area contributed by atoms with E-state index in [-0.39, 0.29) is 12.0 Å². The summed E-state index contributed by atoms with van der Waals surface area (Å²) in [5.74, 6) is 0.504. The first-order valence-electron chi connectivity index (χ1n) is 8.12. The number of nitrogens with zero attached hydrogens (tertiary/aromatic N) is 4. The fourth-order valence-corrected chi connectivity index (χ4v) is 3.88. The molecule has 1 saturated heterocycles. The molecule has 122 valence electrons. The van der Waals surface area contributed by atoms with Gasteiger partial charge in [0.1, 0.15) is 17.9 Å². The molecule has 0 saturated carbocycles. The number of fused-ring (bicyclic) bond motifs is 3. The molecule has 4 rings (SSSR count). The Kier molecular flexibility index (Phi) is 3.44. The fourth-order valence-electron chi connectivity index (χ4n) is 3.88. The SMILES string of the molecule is COc1ccc([C@H]2C[C@@H]3c4ccccc4C=NN3C2(C#N)C#N)cc1. The van der Waals surface area contributed by atoms with Crippen molar-refractivity contribution in [2.45, 2.75) is 23.9 Å². The number of rotatable bonds is 2. The van der Waals surface area contributed by atoms with Gasteiger partial charge >= 0.3 is 0 Å². The molecule has 0 unspecified atom stereocenters. The molecule has 2 atom stereocenters. The van der Waals surface area contributed by atoms with E-state index in [0.717, 1.165) is 22.4 Å². The Hall–Kier alpha value is -3.31. The van der Waals surface area contributed by atoms with Gasteiger partial charge < -0.3 is 4.74 Å². The van der Waals surface area contributed by atoms with E-state index in [1.165, 1.54) is 0 Å². The Balaban J connectivity index is 1.82. The quantitative estimate of drug-likeness (QED) is 0.847. The summed E-state index contributed by atoms with van der Waals surface area (Å²) < 4.78 is 5.21. The molecule has 2 aromatic rings. The minimum atomic E-state index is -1.32. The van der Waals surface area contributed by atoms with Crippen LogP contribution in [0, 0.1) is 22.7 Å². The second kappa shape index (κ2) is 5.65. The van der Waals surface area contributed by atoms with Crippen LogP contribution in [0.1, 0.15) is 35.1 Å². The van der Waals surface area contributed by atoms with Gasteiger partial charge in [-0.1, -0.05) is 36.4 Å². The third-order valence-corrected chi connectivity index (χ3v) is 5.16. The molecule has 0 radical (unpaired) electrons. The van der Waals surface area contributed by atoms with Gasteiger partial charge in [-0.2, -0.15) is 15.6 Å². The average Bonchev–Trinajstić information content (AvgIpc) is 3.03. The molecule has 2 aliphatic rings. The van der Waals surface area contributed by atoms with Crippen LogP contribution in [-0.4, -0.2) is 23.9 Å². The zero-order valence-electron chi connectivity index (χ0n) is 13.8. The first-order valence-corrected chi connectivity index (χ1v) is 8.12. The summed E-state index contributed by atoms with van der Waals surface area (Å²) in [5, 5.41) is 26.0. The van der Waals surface area contributed by atoms with Crippen molar-refractivity contribution in [3.63, 3.8) is 0 Å². The lowest BCUT2D eigenvalue weighted by atomic mass is 9.81. The lowest BCUT2D eigenvalue weighted by molar-refractivity contribution is 0.183. The van der Waals surface area contributed by atoms with Crippen molar-refractivity contribution in [1.82, 2.24) is 5.01 Å². The first-order chi connectivity index (χ1) is 12.2. The van der Waals surface area contributed by atoms with Gasteiger partial charge in [0.05, 0.1) is 19.4 Å². The Morgan fingerprint density at radius 1 is 1.12 bits per heavy atom. The van der Waals surface area contributed by atoms with E-state index in [9.17, 15) is 10.5 Å². The summed E-state index contributed by atoms with van der Waals surface area (Å²) in [5.41, 5.74) is 1.79. The largest absolute Gasteiger partial charge is 0.497 e. The van der Waals surface area contributed by atoms with E-state index in [4.69, 9.17) is 4.74 Å². The molecule has 5 nitrogen and oxygen atoms in total. The summed E-state index contributed by atoms with van der Waals surface area (Å²) >= 11 is 0. The van der Waals surface area contributed by atoms with Crippen LogP contribution < -0.4 is 4.74 Å².